The van der Waals surface area contributed by atoms with Crippen molar-refractivity contribution in [1.82, 2.24) is 9.84 Å². The van der Waals surface area contributed by atoms with Crippen LogP contribution in [0.3, 0.4) is 0 Å². The summed E-state index contributed by atoms with van der Waals surface area (Å²) in [5.74, 6) is 0. The van der Waals surface area contributed by atoms with E-state index >= 15 is 0 Å². The molecule has 0 spiro atoms. The summed E-state index contributed by atoms with van der Waals surface area (Å²) in [4.78, 5) is 2.50. The van der Waals surface area contributed by atoms with Crippen molar-refractivity contribution in [3.63, 3.8) is 0 Å². The molecule has 6 nitrogen and oxygen atoms in total. The summed E-state index contributed by atoms with van der Waals surface area (Å²) in [6, 6.07) is 1.48. The third kappa shape index (κ3) is 3.24. The van der Waals surface area contributed by atoms with E-state index in [1.54, 1.807) is 10.4 Å². The first-order valence-electron chi connectivity index (χ1n) is 5.15. The highest BCUT2D eigenvalue weighted by Crippen LogP contribution is 2.20. The Balaban J connectivity index is 2.07. The molecule has 0 bridgehead atoms. The topological polar surface area (TPSA) is 78.9 Å². The molecule has 2 N–H and O–H groups in total. The Bertz CT molecular complexity index is 465. The molecular formula is C9H14N2O4S2. The second kappa shape index (κ2) is 5.42. The summed E-state index contributed by atoms with van der Waals surface area (Å²) < 4.78 is 29.3. The van der Waals surface area contributed by atoms with E-state index in [1.165, 1.54) is 6.07 Å². The smallest absolute Gasteiger partial charge is 0.262 e. The molecule has 1 aromatic heterocycles. The van der Waals surface area contributed by atoms with Crippen LogP contribution in [0.15, 0.2) is 15.7 Å². The SMILES string of the molecule is O=S(=O)(NN1CCOCC1)c1cc(CO)cs1. The van der Waals surface area contributed by atoms with Crippen LogP contribution in [0.2, 0.25) is 0 Å². The standard InChI is InChI=1S/C9H14N2O4S2/c12-6-8-5-9(16-7-8)17(13,14)10-11-1-3-15-4-2-11/h5,7,10,12H,1-4,6H2. The van der Waals surface area contributed by atoms with Crippen LogP contribution in [0.1, 0.15) is 5.56 Å². The maximum Gasteiger partial charge on any atom is 0.262 e. The fourth-order valence-corrected chi connectivity index (χ4v) is 3.76. The summed E-state index contributed by atoms with van der Waals surface area (Å²) >= 11 is 1.10. The summed E-state index contributed by atoms with van der Waals surface area (Å²) in [5, 5.41) is 12.2. The zero-order valence-electron chi connectivity index (χ0n) is 9.13. The van der Waals surface area contributed by atoms with Gasteiger partial charge < -0.3 is 9.84 Å². The van der Waals surface area contributed by atoms with Crippen molar-refractivity contribution in [1.29, 1.82) is 0 Å². The fraction of sp³-hybridized carbons (Fsp3) is 0.556. The van der Waals surface area contributed by atoms with E-state index in [4.69, 9.17) is 9.84 Å². The Labute approximate surface area is 104 Å². The third-order valence-electron chi connectivity index (χ3n) is 2.34. The van der Waals surface area contributed by atoms with Gasteiger partial charge in [0.05, 0.1) is 19.8 Å². The molecule has 0 aromatic carbocycles. The average molecular weight is 278 g/mol. The second-order valence-corrected chi connectivity index (χ2v) is 6.43. The number of hydrogen-bond donors (Lipinski definition) is 2. The van der Waals surface area contributed by atoms with Gasteiger partial charge in [0.2, 0.25) is 0 Å². The van der Waals surface area contributed by atoms with Crippen LogP contribution in [0.4, 0.5) is 0 Å². The van der Waals surface area contributed by atoms with Gasteiger partial charge in [0, 0.05) is 13.1 Å². The van der Waals surface area contributed by atoms with Gasteiger partial charge in [-0.3, -0.25) is 0 Å². The molecule has 0 saturated carbocycles. The zero-order valence-corrected chi connectivity index (χ0v) is 10.8. The molecule has 1 aliphatic rings. The minimum absolute atomic E-state index is 0.149. The molecule has 1 fully saturated rings. The molecule has 2 heterocycles. The second-order valence-electron chi connectivity index (χ2n) is 3.63. The third-order valence-corrected chi connectivity index (χ3v) is 5.20. The maximum atomic E-state index is 12.0. The molecular weight excluding hydrogens is 264 g/mol. The highest BCUT2D eigenvalue weighted by Gasteiger charge is 2.21. The molecule has 0 aliphatic carbocycles. The van der Waals surface area contributed by atoms with E-state index in [0.717, 1.165) is 11.3 Å². The number of thiophene rings is 1. The monoisotopic (exact) mass is 278 g/mol. The number of sulfonamides is 1. The van der Waals surface area contributed by atoms with Crippen LogP contribution >= 0.6 is 11.3 Å². The number of aliphatic hydroxyl groups is 1. The van der Waals surface area contributed by atoms with Gasteiger partial charge in [0.1, 0.15) is 4.21 Å². The first kappa shape index (κ1) is 12.9. The maximum absolute atomic E-state index is 12.0. The van der Waals surface area contributed by atoms with Crippen molar-refractivity contribution < 1.29 is 18.3 Å². The minimum atomic E-state index is -3.52. The van der Waals surface area contributed by atoms with Crippen molar-refractivity contribution in [3.05, 3.63) is 17.0 Å². The molecule has 2 rings (SSSR count). The molecule has 0 amide bonds. The molecule has 0 unspecified atom stereocenters. The van der Waals surface area contributed by atoms with Gasteiger partial charge in [0.25, 0.3) is 10.0 Å². The van der Waals surface area contributed by atoms with Crippen LogP contribution in [-0.2, 0) is 21.4 Å². The van der Waals surface area contributed by atoms with Crippen LogP contribution in [0.5, 0.6) is 0 Å². The predicted octanol–water partition coefficient (Wildman–Crippen LogP) is -0.234. The number of hydrogen-bond acceptors (Lipinski definition) is 6. The van der Waals surface area contributed by atoms with Gasteiger partial charge in [0.15, 0.2) is 0 Å². The van der Waals surface area contributed by atoms with E-state index < -0.39 is 10.0 Å². The number of rotatable bonds is 4. The molecule has 1 aromatic rings. The van der Waals surface area contributed by atoms with Gasteiger partial charge in [-0.2, -0.15) is 0 Å². The fourth-order valence-electron chi connectivity index (χ4n) is 1.45. The zero-order chi connectivity index (χ0) is 12.3. The summed E-state index contributed by atoms with van der Waals surface area (Å²) in [6.07, 6.45) is 0. The molecule has 1 aliphatic heterocycles. The van der Waals surface area contributed by atoms with Crippen molar-refractivity contribution in [3.8, 4) is 0 Å². The highest BCUT2D eigenvalue weighted by molar-refractivity contribution is 7.91. The van der Waals surface area contributed by atoms with Crippen LogP contribution in [-0.4, -0.2) is 44.8 Å². The Hall–Kier alpha value is -0.510. The first-order chi connectivity index (χ1) is 8.12. The van der Waals surface area contributed by atoms with Gasteiger partial charge in [-0.05, 0) is 17.0 Å². The lowest BCUT2D eigenvalue weighted by molar-refractivity contribution is 0.0272. The normalized spacial score (nSPS) is 18.4. The van der Waals surface area contributed by atoms with E-state index in [2.05, 4.69) is 4.83 Å². The van der Waals surface area contributed by atoms with Crippen molar-refractivity contribution in [2.24, 2.45) is 0 Å². The number of nitrogens with zero attached hydrogens (tertiary/aromatic N) is 1. The van der Waals surface area contributed by atoms with Crippen LogP contribution in [0.25, 0.3) is 0 Å². The summed E-state index contributed by atoms with van der Waals surface area (Å²) in [5.41, 5.74) is 0.609. The Kier molecular flexibility index (Phi) is 4.13. The Morgan fingerprint density at radius 2 is 2.18 bits per heavy atom. The number of morpholine rings is 1. The van der Waals surface area contributed by atoms with Crippen molar-refractivity contribution in [2.75, 3.05) is 26.3 Å². The minimum Gasteiger partial charge on any atom is -0.392 e. The highest BCUT2D eigenvalue weighted by atomic mass is 32.2. The van der Waals surface area contributed by atoms with Crippen molar-refractivity contribution >= 4 is 21.4 Å². The summed E-state index contributed by atoms with van der Waals surface area (Å²) in [7, 11) is -3.52. The number of aliphatic hydroxyl groups excluding tert-OH is 1. The lowest BCUT2D eigenvalue weighted by Gasteiger charge is -2.26. The van der Waals surface area contributed by atoms with Crippen molar-refractivity contribution in [2.45, 2.75) is 10.8 Å². The van der Waals surface area contributed by atoms with Gasteiger partial charge in [-0.1, -0.05) is 0 Å². The predicted molar refractivity (Wildman–Crippen MR) is 63.0 cm³/mol. The summed E-state index contributed by atoms with van der Waals surface area (Å²) in [6.45, 7) is 1.97. The first-order valence-corrected chi connectivity index (χ1v) is 7.51. The van der Waals surface area contributed by atoms with E-state index in [0.29, 0.717) is 31.9 Å². The molecule has 96 valence electrons. The molecule has 17 heavy (non-hydrogen) atoms. The lowest BCUT2D eigenvalue weighted by Crippen LogP contribution is -2.48. The van der Waals surface area contributed by atoms with E-state index in [9.17, 15) is 8.42 Å². The Morgan fingerprint density at radius 3 is 2.76 bits per heavy atom. The Morgan fingerprint density at radius 1 is 1.47 bits per heavy atom. The van der Waals surface area contributed by atoms with E-state index in [1.807, 2.05) is 0 Å². The number of nitrogens with one attached hydrogen (secondary N) is 1. The van der Waals surface area contributed by atoms with Crippen LogP contribution in [0, 0.1) is 0 Å². The molecule has 1 saturated heterocycles. The number of ether oxygens (including phenoxy) is 1. The van der Waals surface area contributed by atoms with Crippen LogP contribution < -0.4 is 4.83 Å². The molecule has 8 heteroatoms. The molecule has 0 atom stereocenters. The van der Waals surface area contributed by atoms with Gasteiger partial charge >= 0.3 is 0 Å². The quantitative estimate of drug-likeness (QED) is 0.795. The lowest BCUT2D eigenvalue weighted by atomic mass is 10.4. The number of hydrazine groups is 1. The molecule has 0 radical (unpaired) electrons. The van der Waals surface area contributed by atoms with Gasteiger partial charge in [-0.25, -0.2) is 13.4 Å². The van der Waals surface area contributed by atoms with E-state index in [-0.39, 0.29) is 10.8 Å². The average Bonchev–Trinajstić information content (AvgIpc) is 2.79. The van der Waals surface area contributed by atoms with Gasteiger partial charge in [-0.15, -0.1) is 16.2 Å². The largest absolute Gasteiger partial charge is 0.392 e.